The fourth-order valence-corrected chi connectivity index (χ4v) is 2.90. The smallest absolute Gasteiger partial charge is 0.228 e. The Kier molecular flexibility index (Phi) is 4.31. The van der Waals surface area contributed by atoms with E-state index in [4.69, 9.17) is 0 Å². The maximum Gasteiger partial charge on any atom is 0.228 e. The third-order valence-electron chi connectivity index (χ3n) is 4.00. The third-order valence-corrected chi connectivity index (χ3v) is 4.20. The topological polar surface area (TPSA) is 85.8 Å². The molecule has 1 N–H and O–H groups in total. The number of alkyl halides is 1. The van der Waals surface area contributed by atoms with Crippen LogP contribution in [0.5, 0.6) is 0 Å². The third kappa shape index (κ3) is 3.78. The summed E-state index contributed by atoms with van der Waals surface area (Å²) in [5.74, 6) is 1.82. The van der Waals surface area contributed by atoms with Gasteiger partial charge in [-0.05, 0) is 25.1 Å². The molecule has 27 heavy (non-hydrogen) atoms. The van der Waals surface area contributed by atoms with Gasteiger partial charge in [-0.1, -0.05) is 9.24 Å². The molecule has 0 aliphatic heterocycles. The molecule has 4 rings (SSSR count). The van der Waals surface area contributed by atoms with Crippen LogP contribution in [-0.2, 0) is 13.5 Å². The van der Waals surface area contributed by atoms with Crippen molar-refractivity contribution in [2.75, 3.05) is 5.32 Å². The van der Waals surface area contributed by atoms with Crippen molar-refractivity contribution in [1.29, 1.82) is 0 Å². The second-order valence-electron chi connectivity index (χ2n) is 6.45. The molecule has 0 aromatic carbocycles. The van der Waals surface area contributed by atoms with E-state index in [1.54, 1.807) is 21.5 Å². The van der Waals surface area contributed by atoms with E-state index in [1.807, 2.05) is 37.5 Å². The molecule has 0 saturated carbocycles. The molecule has 0 saturated heterocycles. The Morgan fingerprint density at radius 2 is 2.07 bits per heavy atom. The lowest BCUT2D eigenvalue weighted by atomic mass is 10.2. The molecule has 0 amide bonds. The Hall–Kier alpha value is -2.93. The van der Waals surface area contributed by atoms with Gasteiger partial charge in [0.15, 0.2) is 5.65 Å². The summed E-state index contributed by atoms with van der Waals surface area (Å²) in [4.78, 5) is 8.80. The normalized spacial score (nSPS) is 13.6. The van der Waals surface area contributed by atoms with E-state index in [0.29, 0.717) is 17.4 Å². The summed E-state index contributed by atoms with van der Waals surface area (Å²) in [5.41, 5.74) is 2.24. The van der Waals surface area contributed by atoms with Crippen molar-refractivity contribution in [3.05, 3.63) is 48.7 Å². The maximum absolute atomic E-state index is 13.9. The van der Waals surface area contributed by atoms with Gasteiger partial charge in [0.25, 0.3) is 0 Å². The minimum atomic E-state index is -1.43. The highest BCUT2D eigenvalue weighted by atomic mass is 31.0. The van der Waals surface area contributed by atoms with Crippen molar-refractivity contribution in [3.63, 3.8) is 0 Å². The van der Waals surface area contributed by atoms with Gasteiger partial charge in [-0.15, -0.1) is 10.2 Å². The minimum Gasteiger partial charge on any atom is -0.309 e. The number of hydrogen-bond acceptors (Lipinski definition) is 6. The first-order chi connectivity index (χ1) is 12.9. The predicted octanol–water partition coefficient (Wildman–Crippen LogP) is 2.77. The molecule has 0 bridgehead atoms. The highest BCUT2D eigenvalue weighted by Crippen LogP contribution is 2.25. The second kappa shape index (κ2) is 6.66. The molecule has 0 fully saturated rings. The molecular formula is C17H18FN8P. The van der Waals surface area contributed by atoms with Gasteiger partial charge >= 0.3 is 0 Å². The molecule has 0 aliphatic carbocycles. The fourth-order valence-electron chi connectivity index (χ4n) is 2.72. The van der Waals surface area contributed by atoms with Crippen molar-refractivity contribution in [3.8, 4) is 11.3 Å². The molecule has 0 radical (unpaired) electrons. The Morgan fingerprint density at radius 1 is 1.22 bits per heavy atom. The molecule has 4 aromatic rings. The van der Waals surface area contributed by atoms with Gasteiger partial charge in [-0.3, -0.25) is 9.08 Å². The first-order valence-electron chi connectivity index (χ1n) is 8.29. The molecule has 10 heteroatoms. The number of halogens is 1. The van der Waals surface area contributed by atoms with Crippen LogP contribution in [0.1, 0.15) is 12.7 Å². The zero-order chi connectivity index (χ0) is 19.0. The number of nitrogens with zero attached hydrogens (tertiary/aromatic N) is 7. The van der Waals surface area contributed by atoms with Gasteiger partial charge in [0.05, 0.1) is 11.9 Å². The van der Waals surface area contributed by atoms with Crippen LogP contribution in [0.25, 0.3) is 16.9 Å². The second-order valence-corrected chi connectivity index (χ2v) is 7.65. The summed E-state index contributed by atoms with van der Waals surface area (Å²) >= 11 is 0. The largest absolute Gasteiger partial charge is 0.309 e. The standard InChI is InChI=1S/C17H18FN8P/c1-17(18,27)10-15-24-23-14-9-11(5-8-26(14)15)12-3-6-19-16(21-12)22-13-4-7-20-25(13)2/h3-9H,10,27H2,1-2H3,(H,19,21,22). The number of nitrogens with one attached hydrogen (secondary N) is 1. The first-order valence-corrected chi connectivity index (χ1v) is 8.87. The van der Waals surface area contributed by atoms with E-state index >= 15 is 0 Å². The molecule has 2 atom stereocenters. The predicted molar refractivity (Wildman–Crippen MR) is 103 cm³/mol. The minimum absolute atomic E-state index is 0.157. The van der Waals surface area contributed by atoms with Gasteiger partial charge in [0.2, 0.25) is 5.95 Å². The monoisotopic (exact) mass is 384 g/mol. The van der Waals surface area contributed by atoms with Gasteiger partial charge in [0, 0.05) is 37.5 Å². The van der Waals surface area contributed by atoms with Crippen LogP contribution >= 0.6 is 9.24 Å². The van der Waals surface area contributed by atoms with Crippen LogP contribution in [0.3, 0.4) is 0 Å². The van der Waals surface area contributed by atoms with Crippen LogP contribution in [0.4, 0.5) is 16.2 Å². The Bertz CT molecular complexity index is 1100. The SMILES string of the molecule is Cn1nccc1Nc1nccc(-c2ccn3c(CC(C)(F)P)nnc3c2)n1. The van der Waals surface area contributed by atoms with Crippen LogP contribution in [0.15, 0.2) is 42.9 Å². The van der Waals surface area contributed by atoms with E-state index in [9.17, 15) is 4.39 Å². The van der Waals surface area contributed by atoms with Gasteiger partial charge in [-0.2, -0.15) is 5.10 Å². The summed E-state index contributed by atoms with van der Waals surface area (Å²) in [6.07, 6.45) is 5.36. The lowest BCUT2D eigenvalue weighted by Gasteiger charge is -2.12. The fraction of sp³-hybridized carbons (Fsp3) is 0.235. The quantitative estimate of drug-likeness (QED) is 0.533. The van der Waals surface area contributed by atoms with Crippen LogP contribution in [0, 0.1) is 0 Å². The highest BCUT2D eigenvalue weighted by molar-refractivity contribution is 7.18. The van der Waals surface area contributed by atoms with Crippen molar-refractivity contribution in [2.45, 2.75) is 18.8 Å². The van der Waals surface area contributed by atoms with Gasteiger partial charge in [0.1, 0.15) is 17.1 Å². The van der Waals surface area contributed by atoms with Gasteiger partial charge < -0.3 is 5.32 Å². The average Bonchev–Trinajstić information content (AvgIpc) is 3.20. The van der Waals surface area contributed by atoms with E-state index in [1.165, 1.54) is 6.92 Å². The summed E-state index contributed by atoms with van der Waals surface area (Å²) in [7, 11) is 4.01. The number of hydrogen-bond donors (Lipinski definition) is 1. The molecule has 2 unspecified atom stereocenters. The van der Waals surface area contributed by atoms with Crippen LogP contribution < -0.4 is 5.32 Å². The summed E-state index contributed by atoms with van der Waals surface area (Å²) in [5, 5.41) is 14.1. The Morgan fingerprint density at radius 3 is 2.81 bits per heavy atom. The Labute approximate surface area is 157 Å². The van der Waals surface area contributed by atoms with Crippen molar-refractivity contribution >= 4 is 26.7 Å². The molecule has 0 aliphatic rings. The van der Waals surface area contributed by atoms with E-state index < -0.39 is 5.41 Å². The van der Waals surface area contributed by atoms with E-state index in [-0.39, 0.29) is 6.42 Å². The molecule has 4 aromatic heterocycles. The number of rotatable bonds is 5. The van der Waals surface area contributed by atoms with Gasteiger partial charge in [-0.25, -0.2) is 14.4 Å². The lowest BCUT2D eigenvalue weighted by molar-refractivity contribution is 0.308. The zero-order valence-corrected chi connectivity index (χ0v) is 16.0. The lowest BCUT2D eigenvalue weighted by Crippen LogP contribution is -2.13. The number of anilines is 2. The molecular weight excluding hydrogens is 366 g/mol. The maximum atomic E-state index is 13.9. The van der Waals surface area contributed by atoms with Crippen molar-refractivity contribution in [2.24, 2.45) is 7.05 Å². The van der Waals surface area contributed by atoms with Crippen molar-refractivity contribution in [1.82, 2.24) is 34.3 Å². The molecule has 0 spiro atoms. The summed E-state index contributed by atoms with van der Waals surface area (Å²) in [6, 6.07) is 7.42. The number of aromatic nitrogens is 7. The highest BCUT2D eigenvalue weighted by Gasteiger charge is 2.20. The van der Waals surface area contributed by atoms with E-state index in [0.717, 1.165) is 17.1 Å². The molecule has 8 nitrogen and oxygen atoms in total. The van der Waals surface area contributed by atoms with Crippen LogP contribution in [-0.4, -0.2) is 39.8 Å². The number of aryl methyl sites for hydroxylation is 1. The first kappa shape index (κ1) is 17.5. The molecule has 138 valence electrons. The molecule has 4 heterocycles. The van der Waals surface area contributed by atoms with E-state index in [2.05, 4.69) is 39.8 Å². The van der Waals surface area contributed by atoms with Crippen molar-refractivity contribution < 1.29 is 4.39 Å². The zero-order valence-electron chi connectivity index (χ0n) is 14.8. The Balaban J connectivity index is 1.64. The summed E-state index contributed by atoms with van der Waals surface area (Å²) < 4.78 is 17.4. The van der Waals surface area contributed by atoms with Crippen LogP contribution in [0.2, 0.25) is 0 Å². The number of pyridine rings is 1. The summed E-state index contributed by atoms with van der Waals surface area (Å²) in [6.45, 7) is 1.49. The average molecular weight is 384 g/mol. The number of fused-ring (bicyclic) bond motifs is 1.